The Kier molecular flexibility index (Phi) is 4.65. The summed E-state index contributed by atoms with van der Waals surface area (Å²) in [6, 6.07) is 12.4. The van der Waals surface area contributed by atoms with Crippen molar-refractivity contribution in [3.63, 3.8) is 0 Å². The normalized spacial score (nSPS) is 11.0. The zero-order valence-corrected chi connectivity index (χ0v) is 12.9. The lowest BCUT2D eigenvalue weighted by Crippen LogP contribution is -2.24. The average molecular weight is 301 g/mol. The number of nitrogens with one attached hydrogen (secondary N) is 1. The van der Waals surface area contributed by atoms with Crippen LogP contribution in [-0.4, -0.2) is 22.5 Å². The highest BCUT2D eigenvalue weighted by molar-refractivity contribution is 5.92. The SMILES string of the molecule is CC(C)(C)OC(=O)c1ccc(C(=O)OCc2ccccc2)[nH]1. The van der Waals surface area contributed by atoms with E-state index >= 15 is 0 Å². The quantitative estimate of drug-likeness (QED) is 0.880. The van der Waals surface area contributed by atoms with Crippen LogP contribution in [0.4, 0.5) is 0 Å². The number of esters is 2. The summed E-state index contributed by atoms with van der Waals surface area (Å²) in [6.07, 6.45) is 0. The van der Waals surface area contributed by atoms with Crippen molar-refractivity contribution in [2.45, 2.75) is 33.0 Å². The number of hydrogen-bond donors (Lipinski definition) is 1. The highest BCUT2D eigenvalue weighted by Gasteiger charge is 2.20. The zero-order chi connectivity index (χ0) is 16.2. The van der Waals surface area contributed by atoms with Crippen molar-refractivity contribution in [1.29, 1.82) is 0 Å². The molecule has 0 unspecified atom stereocenters. The van der Waals surface area contributed by atoms with Gasteiger partial charge in [-0.25, -0.2) is 9.59 Å². The monoisotopic (exact) mass is 301 g/mol. The Hall–Kier alpha value is -2.56. The van der Waals surface area contributed by atoms with Gasteiger partial charge in [0, 0.05) is 0 Å². The number of hydrogen-bond acceptors (Lipinski definition) is 4. The second-order valence-corrected chi connectivity index (χ2v) is 5.85. The molecule has 1 aromatic carbocycles. The Balaban J connectivity index is 1.96. The summed E-state index contributed by atoms with van der Waals surface area (Å²) >= 11 is 0. The van der Waals surface area contributed by atoms with Gasteiger partial charge < -0.3 is 14.5 Å². The largest absolute Gasteiger partial charge is 0.456 e. The number of ether oxygens (including phenoxy) is 2. The van der Waals surface area contributed by atoms with Gasteiger partial charge in [-0.15, -0.1) is 0 Å². The molecule has 0 aliphatic heterocycles. The lowest BCUT2D eigenvalue weighted by atomic mass is 10.2. The lowest BCUT2D eigenvalue weighted by molar-refractivity contribution is 0.00635. The topological polar surface area (TPSA) is 68.4 Å². The molecule has 0 saturated heterocycles. The first-order valence-corrected chi connectivity index (χ1v) is 6.98. The molecule has 0 aliphatic rings. The van der Waals surface area contributed by atoms with Gasteiger partial charge in [-0.05, 0) is 38.5 Å². The summed E-state index contributed by atoms with van der Waals surface area (Å²) in [5.74, 6) is -1.02. The van der Waals surface area contributed by atoms with Gasteiger partial charge in [-0.2, -0.15) is 0 Å². The van der Waals surface area contributed by atoms with E-state index in [1.807, 2.05) is 30.3 Å². The number of aromatic nitrogens is 1. The van der Waals surface area contributed by atoms with Crippen LogP contribution in [0.25, 0.3) is 0 Å². The van der Waals surface area contributed by atoms with Crippen molar-refractivity contribution in [3.8, 4) is 0 Å². The van der Waals surface area contributed by atoms with Crippen molar-refractivity contribution in [1.82, 2.24) is 4.98 Å². The van der Waals surface area contributed by atoms with E-state index < -0.39 is 17.5 Å². The van der Waals surface area contributed by atoms with E-state index in [0.29, 0.717) is 0 Å². The van der Waals surface area contributed by atoms with Crippen LogP contribution < -0.4 is 0 Å². The highest BCUT2D eigenvalue weighted by Crippen LogP contribution is 2.13. The van der Waals surface area contributed by atoms with Crippen LogP contribution >= 0.6 is 0 Å². The molecule has 0 spiro atoms. The molecule has 1 heterocycles. The van der Waals surface area contributed by atoms with Crippen LogP contribution in [0.15, 0.2) is 42.5 Å². The summed E-state index contributed by atoms with van der Waals surface area (Å²) in [4.78, 5) is 26.5. The molecule has 0 radical (unpaired) electrons. The minimum atomic E-state index is -0.587. The van der Waals surface area contributed by atoms with Crippen molar-refractivity contribution in [3.05, 3.63) is 59.4 Å². The summed E-state index contributed by atoms with van der Waals surface area (Å²) in [5, 5.41) is 0. The van der Waals surface area contributed by atoms with E-state index in [2.05, 4.69) is 4.98 Å². The van der Waals surface area contributed by atoms with E-state index in [-0.39, 0.29) is 18.0 Å². The Bertz CT molecular complexity index is 653. The maximum Gasteiger partial charge on any atom is 0.355 e. The maximum atomic E-state index is 11.9. The predicted molar refractivity (Wildman–Crippen MR) is 81.5 cm³/mol. The first-order chi connectivity index (χ1) is 10.3. The van der Waals surface area contributed by atoms with Gasteiger partial charge in [0.25, 0.3) is 0 Å². The molecule has 2 aromatic rings. The number of benzene rings is 1. The maximum absolute atomic E-state index is 11.9. The third-order valence-corrected chi connectivity index (χ3v) is 2.74. The summed E-state index contributed by atoms with van der Waals surface area (Å²) in [6.45, 7) is 5.52. The van der Waals surface area contributed by atoms with E-state index in [0.717, 1.165) is 5.56 Å². The van der Waals surface area contributed by atoms with Crippen LogP contribution in [0, 0.1) is 0 Å². The number of aromatic amines is 1. The molecule has 0 saturated carbocycles. The van der Waals surface area contributed by atoms with Crippen molar-refractivity contribution in [2.75, 3.05) is 0 Å². The number of rotatable bonds is 4. The Labute approximate surface area is 129 Å². The van der Waals surface area contributed by atoms with Crippen molar-refractivity contribution >= 4 is 11.9 Å². The van der Waals surface area contributed by atoms with Crippen LogP contribution in [0.5, 0.6) is 0 Å². The first-order valence-electron chi connectivity index (χ1n) is 6.98. The van der Waals surface area contributed by atoms with E-state index in [1.165, 1.54) is 12.1 Å². The van der Waals surface area contributed by atoms with Gasteiger partial charge in [0.1, 0.15) is 23.6 Å². The fourth-order valence-corrected chi connectivity index (χ4v) is 1.77. The first kappa shape index (κ1) is 15.8. The molecular weight excluding hydrogens is 282 g/mol. The molecule has 116 valence electrons. The standard InChI is InChI=1S/C17H19NO4/c1-17(2,3)22-16(20)14-10-9-13(18-14)15(19)21-11-12-7-5-4-6-8-12/h4-10,18H,11H2,1-3H3. The summed E-state index contributed by atoms with van der Waals surface area (Å²) in [5.41, 5.74) is 0.754. The van der Waals surface area contributed by atoms with Gasteiger partial charge in [0.15, 0.2) is 0 Å². The number of carbonyl (C=O) groups is 2. The molecule has 0 atom stereocenters. The van der Waals surface area contributed by atoms with E-state index in [4.69, 9.17) is 9.47 Å². The molecule has 1 N–H and O–H groups in total. The van der Waals surface area contributed by atoms with Crippen molar-refractivity contribution in [2.24, 2.45) is 0 Å². The Morgan fingerprint density at radius 1 is 0.955 bits per heavy atom. The minimum Gasteiger partial charge on any atom is -0.456 e. The molecule has 0 aliphatic carbocycles. The van der Waals surface area contributed by atoms with E-state index in [9.17, 15) is 9.59 Å². The third kappa shape index (κ3) is 4.48. The molecule has 22 heavy (non-hydrogen) atoms. The molecule has 0 fully saturated rings. The highest BCUT2D eigenvalue weighted by atomic mass is 16.6. The van der Waals surface area contributed by atoms with Gasteiger partial charge in [-0.3, -0.25) is 0 Å². The molecule has 0 bridgehead atoms. The average Bonchev–Trinajstić information content (AvgIpc) is 2.94. The number of carbonyl (C=O) groups excluding carboxylic acids is 2. The van der Waals surface area contributed by atoms with Gasteiger partial charge in [0.05, 0.1) is 0 Å². The van der Waals surface area contributed by atoms with Crippen molar-refractivity contribution < 1.29 is 19.1 Å². The second kappa shape index (κ2) is 6.47. The van der Waals surface area contributed by atoms with Gasteiger partial charge in [-0.1, -0.05) is 30.3 Å². The van der Waals surface area contributed by atoms with E-state index in [1.54, 1.807) is 20.8 Å². The molecule has 5 nitrogen and oxygen atoms in total. The zero-order valence-electron chi connectivity index (χ0n) is 12.9. The summed E-state index contributed by atoms with van der Waals surface area (Å²) < 4.78 is 10.4. The minimum absolute atomic E-state index is 0.181. The fraction of sp³-hybridized carbons (Fsp3) is 0.294. The molecule has 5 heteroatoms. The van der Waals surface area contributed by atoms with Crippen LogP contribution in [0.3, 0.4) is 0 Å². The molecule has 0 amide bonds. The summed E-state index contributed by atoms with van der Waals surface area (Å²) in [7, 11) is 0. The van der Waals surface area contributed by atoms with Crippen LogP contribution in [-0.2, 0) is 16.1 Å². The predicted octanol–water partition coefficient (Wildman–Crippen LogP) is 3.33. The Morgan fingerprint density at radius 2 is 1.55 bits per heavy atom. The fourth-order valence-electron chi connectivity index (χ4n) is 1.77. The van der Waals surface area contributed by atoms with Crippen LogP contribution in [0.2, 0.25) is 0 Å². The van der Waals surface area contributed by atoms with Gasteiger partial charge in [0.2, 0.25) is 0 Å². The van der Waals surface area contributed by atoms with Gasteiger partial charge >= 0.3 is 11.9 Å². The third-order valence-electron chi connectivity index (χ3n) is 2.74. The molecular formula is C17H19NO4. The lowest BCUT2D eigenvalue weighted by Gasteiger charge is -2.18. The molecule has 2 rings (SSSR count). The van der Waals surface area contributed by atoms with Crippen LogP contribution in [0.1, 0.15) is 47.3 Å². The second-order valence-electron chi connectivity index (χ2n) is 5.85. The molecule has 1 aromatic heterocycles. The number of H-pyrrole nitrogens is 1. The smallest absolute Gasteiger partial charge is 0.355 e. The Morgan fingerprint density at radius 3 is 2.14 bits per heavy atom.